The molecule has 0 aliphatic carbocycles. The Morgan fingerprint density at radius 1 is 0.909 bits per heavy atom. The normalized spacial score (nSPS) is 11.1. The first-order valence-corrected chi connectivity index (χ1v) is 10.7. The topological polar surface area (TPSA) is 80.1 Å². The summed E-state index contributed by atoms with van der Waals surface area (Å²) < 4.78 is 6.85. The van der Waals surface area contributed by atoms with Crippen molar-refractivity contribution in [2.45, 2.75) is 12.8 Å². The van der Waals surface area contributed by atoms with Crippen LogP contribution in [0.3, 0.4) is 0 Å². The number of methoxy groups -OCH3 is 1. The second kappa shape index (κ2) is 8.67. The number of fused-ring (bicyclic) bond motifs is 1. The monoisotopic (exact) mass is 437 g/mol. The van der Waals surface area contributed by atoms with Gasteiger partial charge in [-0.1, -0.05) is 42.5 Å². The number of hydrogen-bond acceptors (Lipinski definition) is 4. The molecule has 6 heteroatoms. The third kappa shape index (κ3) is 4.23. The molecule has 0 saturated heterocycles. The highest BCUT2D eigenvalue weighted by Gasteiger charge is 2.20. The number of phenols is 1. The zero-order valence-electron chi connectivity index (χ0n) is 18.2. The molecule has 33 heavy (non-hydrogen) atoms. The number of hydrogen-bond donors (Lipinski definition) is 2. The van der Waals surface area contributed by atoms with Crippen LogP contribution in [-0.2, 0) is 12.8 Å². The zero-order chi connectivity index (χ0) is 22.8. The summed E-state index contributed by atoms with van der Waals surface area (Å²) in [6.45, 7) is 0. The molecule has 0 unspecified atom stereocenters. The second-order valence-electron chi connectivity index (χ2n) is 7.94. The molecule has 0 atom stereocenters. The molecule has 2 aliphatic rings. The Hall–Kier alpha value is -4.32. The lowest BCUT2D eigenvalue weighted by Crippen LogP contribution is -2.17. The predicted molar refractivity (Wildman–Crippen MR) is 128 cm³/mol. The first kappa shape index (κ1) is 20.6. The van der Waals surface area contributed by atoms with Crippen LogP contribution in [0.15, 0.2) is 89.9 Å². The Bertz CT molecular complexity index is 1400. The van der Waals surface area contributed by atoms with E-state index in [1.54, 1.807) is 30.0 Å². The fourth-order valence-corrected chi connectivity index (χ4v) is 3.94. The molecule has 3 aromatic carbocycles. The summed E-state index contributed by atoms with van der Waals surface area (Å²) in [5.41, 5.74) is 4.96. The lowest BCUT2D eigenvalue weighted by Gasteiger charge is -2.13. The lowest BCUT2D eigenvalue weighted by atomic mass is 10.1. The first-order chi connectivity index (χ1) is 16.1. The van der Waals surface area contributed by atoms with Gasteiger partial charge < -0.3 is 14.8 Å². The van der Waals surface area contributed by atoms with E-state index in [0.717, 1.165) is 33.8 Å². The largest absolute Gasteiger partial charge is 0.508 e. The first-order valence-electron chi connectivity index (χ1n) is 10.7. The molecular weight excluding hydrogens is 414 g/mol. The SMILES string of the molecule is COc1ccc(Cc2nc3c(Cc4ccccc4)[nH]c(-c4ccc(O)cc4)cn-3c2=O)cc1. The van der Waals surface area contributed by atoms with Gasteiger partial charge in [-0.2, -0.15) is 0 Å². The maximum atomic E-state index is 13.3. The van der Waals surface area contributed by atoms with Crippen LogP contribution in [-0.4, -0.2) is 26.8 Å². The van der Waals surface area contributed by atoms with Crippen molar-refractivity contribution in [3.05, 3.63) is 118 Å². The van der Waals surface area contributed by atoms with Crippen molar-refractivity contribution >= 4 is 0 Å². The van der Waals surface area contributed by atoms with Gasteiger partial charge in [0.15, 0.2) is 5.82 Å². The Morgan fingerprint density at radius 2 is 1.61 bits per heavy atom. The quantitative estimate of drug-likeness (QED) is 0.408. The molecule has 2 N–H and O–H groups in total. The minimum absolute atomic E-state index is 0.135. The van der Waals surface area contributed by atoms with Crippen LogP contribution in [0.25, 0.3) is 17.1 Å². The molecule has 0 spiro atoms. The highest BCUT2D eigenvalue weighted by atomic mass is 16.5. The van der Waals surface area contributed by atoms with Crippen LogP contribution in [0.1, 0.15) is 22.5 Å². The number of H-pyrrole nitrogens is 1. The average Bonchev–Trinajstić information content (AvgIpc) is 3.16. The van der Waals surface area contributed by atoms with E-state index in [0.29, 0.717) is 24.4 Å². The van der Waals surface area contributed by atoms with Gasteiger partial charge in [0.1, 0.15) is 17.2 Å². The van der Waals surface area contributed by atoms with Crippen LogP contribution in [0.5, 0.6) is 11.5 Å². The summed E-state index contributed by atoms with van der Waals surface area (Å²) in [5.74, 6) is 1.59. The van der Waals surface area contributed by atoms with Crippen molar-refractivity contribution in [3.63, 3.8) is 0 Å². The van der Waals surface area contributed by atoms with E-state index in [1.165, 1.54) is 0 Å². The minimum atomic E-state index is -0.135. The third-order valence-electron chi connectivity index (χ3n) is 5.68. The minimum Gasteiger partial charge on any atom is -0.508 e. The standard InChI is InChI=1S/C27H23N3O3/c1-33-22-13-7-19(8-14-22)16-24-27(32)30-17-25(20-9-11-21(31)12-10-20)28-23(26(30)29-24)15-18-5-3-2-4-6-18/h2-14,17,28,31H,15-16H2,1H3. The molecule has 2 heterocycles. The molecule has 5 rings (SSSR count). The Labute approximate surface area is 191 Å². The zero-order valence-corrected chi connectivity index (χ0v) is 18.2. The average molecular weight is 437 g/mol. The molecule has 3 aromatic rings. The van der Waals surface area contributed by atoms with E-state index in [-0.39, 0.29) is 11.3 Å². The Balaban J connectivity index is 1.61. The van der Waals surface area contributed by atoms with Gasteiger partial charge in [0.2, 0.25) is 0 Å². The summed E-state index contributed by atoms with van der Waals surface area (Å²) in [5, 5.41) is 9.66. The van der Waals surface area contributed by atoms with Crippen molar-refractivity contribution in [3.8, 4) is 28.6 Å². The maximum absolute atomic E-state index is 13.3. The molecule has 0 saturated carbocycles. The molecule has 2 aliphatic heterocycles. The van der Waals surface area contributed by atoms with Crippen molar-refractivity contribution < 1.29 is 9.84 Å². The number of nitrogens with zero attached hydrogens (tertiary/aromatic N) is 2. The van der Waals surface area contributed by atoms with Gasteiger partial charge in [-0.15, -0.1) is 0 Å². The third-order valence-corrected chi connectivity index (χ3v) is 5.68. The van der Waals surface area contributed by atoms with Crippen molar-refractivity contribution in [2.75, 3.05) is 7.11 Å². The van der Waals surface area contributed by atoms with Gasteiger partial charge in [-0.05, 0) is 53.1 Å². The fraction of sp³-hybridized carbons (Fsp3) is 0.111. The maximum Gasteiger partial charge on any atom is 0.278 e. The van der Waals surface area contributed by atoms with Crippen LogP contribution in [0.2, 0.25) is 0 Å². The fourth-order valence-electron chi connectivity index (χ4n) is 3.94. The molecular formula is C27H23N3O3. The number of imidazole rings is 1. The van der Waals surface area contributed by atoms with Gasteiger partial charge >= 0.3 is 0 Å². The van der Waals surface area contributed by atoms with Crippen LogP contribution in [0, 0.1) is 0 Å². The summed E-state index contributed by atoms with van der Waals surface area (Å²) in [4.78, 5) is 21.5. The number of benzene rings is 3. The number of aromatic hydroxyl groups is 1. The second-order valence-corrected chi connectivity index (χ2v) is 7.94. The van der Waals surface area contributed by atoms with Gasteiger partial charge in [-0.3, -0.25) is 9.36 Å². The highest BCUT2D eigenvalue weighted by Crippen LogP contribution is 2.25. The van der Waals surface area contributed by atoms with E-state index in [2.05, 4.69) is 17.1 Å². The lowest BCUT2D eigenvalue weighted by molar-refractivity contribution is 0.414. The van der Waals surface area contributed by atoms with Gasteiger partial charge in [0.25, 0.3) is 5.56 Å². The summed E-state index contributed by atoms with van der Waals surface area (Å²) in [6.07, 6.45) is 2.82. The molecule has 0 aromatic heterocycles. The van der Waals surface area contributed by atoms with Crippen molar-refractivity contribution in [1.29, 1.82) is 0 Å². The Morgan fingerprint density at radius 3 is 2.30 bits per heavy atom. The molecule has 6 nitrogen and oxygen atoms in total. The number of aromatic nitrogens is 3. The molecule has 0 amide bonds. The van der Waals surface area contributed by atoms with Crippen LogP contribution in [0.4, 0.5) is 0 Å². The van der Waals surface area contributed by atoms with Gasteiger partial charge in [0, 0.05) is 19.0 Å². The Kier molecular flexibility index (Phi) is 5.40. The van der Waals surface area contributed by atoms with Crippen LogP contribution >= 0.6 is 0 Å². The van der Waals surface area contributed by atoms with Crippen molar-refractivity contribution in [2.24, 2.45) is 0 Å². The van der Waals surface area contributed by atoms with Crippen LogP contribution < -0.4 is 10.3 Å². The highest BCUT2D eigenvalue weighted by molar-refractivity contribution is 5.61. The van der Waals surface area contributed by atoms with Gasteiger partial charge in [-0.25, -0.2) is 4.98 Å². The molecule has 164 valence electrons. The summed E-state index contributed by atoms with van der Waals surface area (Å²) in [7, 11) is 1.63. The van der Waals surface area contributed by atoms with E-state index < -0.39 is 0 Å². The predicted octanol–water partition coefficient (Wildman–Crippen LogP) is 4.56. The van der Waals surface area contributed by atoms with E-state index in [9.17, 15) is 9.90 Å². The molecule has 0 fully saturated rings. The van der Waals surface area contributed by atoms with Crippen molar-refractivity contribution in [1.82, 2.24) is 14.5 Å². The smallest absolute Gasteiger partial charge is 0.278 e. The summed E-state index contributed by atoms with van der Waals surface area (Å²) >= 11 is 0. The van der Waals surface area contributed by atoms with Gasteiger partial charge in [0.05, 0.1) is 18.5 Å². The van der Waals surface area contributed by atoms with E-state index in [1.807, 2.05) is 54.6 Å². The molecule has 0 bridgehead atoms. The number of rotatable bonds is 6. The van der Waals surface area contributed by atoms with E-state index in [4.69, 9.17) is 9.72 Å². The number of nitrogens with one attached hydrogen (secondary N) is 1. The summed E-state index contributed by atoms with van der Waals surface area (Å²) in [6, 6.07) is 24.6. The number of ether oxygens (including phenoxy) is 1. The van der Waals surface area contributed by atoms with E-state index >= 15 is 0 Å². The molecule has 0 radical (unpaired) electrons. The number of aromatic amines is 1. The number of phenolic OH excluding ortho intramolecular Hbond substituents is 1.